The van der Waals surface area contributed by atoms with Crippen molar-refractivity contribution in [2.45, 2.75) is 19.9 Å². The van der Waals surface area contributed by atoms with Crippen LogP contribution in [0.25, 0.3) is 0 Å². The van der Waals surface area contributed by atoms with Crippen molar-refractivity contribution in [3.63, 3.8) is 0 Å². The Bertz CT molecular complexity index is 509. The molecule has 0 spiro atoms. The van der Waals surface area contributed by atoms with E-state index in [1.165, 1.54) is 12.1 Å². The summed E-state index contributed by atoms with van der Waals surface area (Å²) < 4.78 is 19.9. The maximum atomic E-state index is 12.7. The summed E-state index contributed by atoms with van der Waals surface area (Å²) in [5.74, 6) is 0.844. The van der Waals surface area contributed by atoms with Gasteiger partial charge in [0.15, 0.2) is 5.82 Å². The Balaban J connectivity index is 1.76. The summed E-state index contributed by atoms with van der Waals surface area (Å²) >= 11 is 0. The van der Waals surface area contributed by atoms with Gasteiger partial charge in [-0.1, -0.05) is 5.21 Å². The van der Waals surface area contributed by atoms with Crippen molar-refractivity contribution in [1.29, 1.82) is 0 Å². The predicted octanol–water partition coefficient (Wildman–Crippen LogP) is 1.78. The Kier molecular flexibility index (Phi) is 3.76. The summed E-state index contributed by atoms with van der Waals surface area (Å²) in [7, 11) is 0. The van der Waals surface area contributed by atoms with Crippen molar-refractivity contribution in [2.24, 2.45) is 0 Å². The number of ether oxygens (including phenoxy) is 1. The van der Waals surface area contributed by atoms with E-state index >= 15 is 0 Å². The van der Waals surface area contributed by atoms with Crippen molar-refractivity contribution < 1.29 is 9.13 Å². The normalized spacial score (nSPS) is 10.6. The first kappa shape index (κ1) is 12.3. The molecule has 0 radical (unpaired) electrons. The summed E-state index contributed by atoms with van der Waals surface area (Å²) in [4.78, 5) is 0. The van der Waals surface area contributed by atoms with Crippen LogP contribution in [0, 0.1) is 12.7 Å². The van der Waals surface area contributed by atoms with Crippen molar-refractivity contribution >= 4 is 5.82 Å². The first-order chi connectivity index (χ1) is 8.66. The highest BCUT2D eigenvalue weighted by Gasteiger charge is 2.04. The molecule has 1 aromatic carbocycles. The summed E-state index contributed by atoms with van der Waals surface area (Å²) in [6, 6.07) is 5.96. The molecule has 2 N–H and O–H groups in total. The number of hydrogen-bond donors (Lipinski definition) is 1. The van der Waals surface area contributed by atoms with Gasteiger partial charge in [-0.15, -0.1) is 5.10 Å². The SMILES string of the molecule is Cc1c(N)nnn1CCCOc1ccc(F)cc1. The zero-order chi connectivity index (χ0) is 13.0. The first-order valence-electron chi connectivity index (χ1n) is 5.71. The highest BCUT2D eigenvalue weighted by Crippen LogP contribution is 2.11. The van der Waals surface area contributed by atoms with Crippen LogP contribution in [0.3, 0.4) is 0 Å². The number of aromatic nitrogens is 3. The van der Waals surface area contributed by atoms with E-state index < -0.39 is 0 Å². The Morgan fingerprint density at radius 3 is 2.67 bits per heavy atom. The fourth-order valence-corrected chi connectivity index (χ4v) is 1.52. The van der Waals surface area contributed by atoms with E-state index in [-0.39, 0.29) is 5.82 Å². The second-order valence-corrected chi connectivity index (χ2v) is 3.94. The molecule has 96 valence electrons. The maximum Gasteiger partial charge on any atom is 0.168 e. The van der Waals surface area contributed by atoms with E-state index in [0.29, 0.717) is 24.7 Å². The average Bonchev–Trinajstić information content (AvgIpc) is 2.68. The third kappa shape index (κ3) is 2.97. The molecule has 0 saturated heterocycles. The summed E-state index contributed by atoms with van der Waals surface area (Å²) in [6.07, 6.45) is 0.779. The zero-order valence-corrected chi connectivity index (χ0v) is 10.1. The summed E-state index contributed by atoms with van der Waals surface area (Å²) in [5, 5.41) is 7.68. The van der Waals surface area contributed by atoms with E-state index in [2.05, 4.69) is 10.3 Å². The number of anilines is 1. The number of aryl methyl sites for hydroxylation is 1. The summed E-state index contributed by atoms with van der Waals surface area (Å²) in [5.41, 5.74) is 6.45. The molecule has 0 unspecified atom stereocenters. The van der Waals surface area contributed by atoms with Crippen LogP contribution in [0.1, 0.15) is 12.1 Å². The maximum absolute atomic E-state index is 12.7. The minimum atomic E-state index is -0.268. The molecule has 6 heteroatoms. The quantitative estimate of drug-likeness (QED) is 0.821. The lowest BCUT2D eigenvalue weighted by Gasteiger charge is -2.06. The summed E-state index contributed by atoms with van der Waals surface area (Å²) in [6.45, 7) is 3.10. The second-order valence-electron chi connectivity index (χ2n) is 3.94. The number of rotatable bonds is 5. The van der Waals surface area contributed by atoms with E-state index in [9.17, 15) is 4.39 Å². The number of nitrogens with two attached hydrogens (primary N) is 1. The molecule has 0 atom stereocenters. The first-order valence-corrected chi connectivity index (χ1v) is 5.71. The molecule has 0 saturated carbocycles. The number of nitrogen functional groups attached to an aromatic ring is 1. The van der Waals surface area contributed by atoms with Gasteiger partial charge in [0.2, 0.25) is 0 Å². The molecule has 0 bridgehead atoms. The number of nitrogens with zero attached hydrogens (tertiary/aromatic N) is 3. The Morgan fingerprint density at radius 1 is 1.33 bits per heavy atom. The van der Waals surface area contributed by atoms with Crippen LogP contribution < -0.4 is 10.5 Å². The largest absolute Gasteiger partial charge is 0.494 e. The van der Waals surface area contributed by atoms with Gasteiger partial charge >= 0.3 is 0 Å². The molecule has 1 aromatic heterocycles. The lowest BCUT2D eigenvalue weighted by Crippen LogP contribution is -2.07. The van der Waals surface area contributed by atoms with E-state index in [4.69, 9.17) is 10.5 Å². The molecule has 2 rings (SSSR count). The fraction of sp³-hybridized carbons (Fsp3) is 0.333. The Labute approximate surface area is 104 Å². The van der Waals surface area contributed by atoms with Gasteiger partial charge in [-0.3, -0.25) is 0 Å². The van der Waals surface area contributed by atoms with Gasteiger partial charge < -0.3 is 10.5 Å². The van der Waals surface area contributed by atoms with Gasteiger partial charge in [-0.05, 0) is 31.2 Å². The van der Waals surface area contributed by atoms with Crippen molar-refractivity contribution in [3.05, 3.63) is 35.8 Å². The van der Waals surface area contributed by atoms with E-state index in [1.54, 1.807) is 16.8 Å². The highest BCUT2D eigenvalue weighted by molar-refractivity contribution is 5.31. The molecule has 18 heavy (non-hydrogen) atoms. The van der Waals surface area contributed by atoms with Crippen molar-refractivity contribution in [1.82, 2.24) is 15.0 Å². The number of benzene rings is 1. The topological polar surface area (TPSA) is 66.0 Å². The van der Waals surface area contributed by atoms with Crippen LogP contribution in [0.15, 0.2) is 24.3 Å². The Hall–Kier alpha value is -2.11. The van der Waals surface area contributed by atoms with E-state index in [0.717, 1.165) is 12.1 Å². The van der Waals surface area contributed by atoms with Crippen LogP contribution in [0.2, 0.25) is 0 Å². The van der Waals surface area contributed by atoms with Gasteiger partial charge in [0.05, 0.1) is 12.3 Å². The molecule has 1 heterocycles. The van der Waals surface area contributed by atoms with Crippen LogP contribution in [-0.2, 0) is 6.54 Å². The Morgan fingerprint density at radius 2 is 2.06 bits per heavy atom. The minimum Gasteiger partial charge on any atom is -0.494 e. The highest BCUT2D eigenvalue weighted by atomic mass is 19.1. The van der Waals surface area contributed by atoms with Crippen LogP contribution in [0.5, 0.6) is 5.75 Å². The monoisotopic (exact) mass is 250 g/mol. The smallest absolute Gasteiger partial charge is 0.168 e. The average molecular weight is 250 g/mol. The van der Waals surface area contributed by atoms with Crippen LogP contribution >= 0.6 is 0 Å². The number of hydrogen-bond acceptors (Lipinski definition) is 4. The molecule has 2 aromatic rings. The van der Waals surface area contributed by atoms with E-state index in [1.807, 2.05) is 6.92 Å². The number of halogens is 1. The molecular weight excluding hydrogens is 235 g/mol. The molecule has 5 nitrogen and oxygen atoms in total. The molecular formula is C12H15FN4O. The van der Waals surface area contributed by atoms with Crippen LogP contribution in [0.4, 0.5) is 10.2 Å². The van der Waals surface area contributed by atoms with Gasteiger partial charge in [-0.2, -0.15) is 0 Å². The zero-order valence-electron chi connectivity index (χ0n) is 10.1. The third-order valence-electron chi connectivity index (χ3n) is 2.61. The fourth-order valence-electron chi connectivity index (χ4n) is 1.52. The molecule has 0 aliphatic carbocycles. The molecule has 0 aliphatic heterocycles. The predicted molar refractivity (Wildman–Crippen MR) is 65.7 cm³/mol. The van der Waals surface area contributed by atoms with Gasteiger partial charge in [-0.25, -0.2) is 9.07 Å². The van der Waals surface area contributed by atoms with Crippen molar-refractivity contribution in [2.75, 3.05) is 12.3 Å². The molecule has 0 aliphatic rings. The van der Waals surface area contributed by atoms with Gasteiger partial charge in [0.1, 0.15) is 11.6 Å². The van der Waals surface area contributed by atoms with Gasteiger partial charge in [0, 0.05) is 13.0 Å². The van der Waals surface area contributed by atoms with Gasteiger partial charge in [0.25, 0.3) is 0 Å². The molecule has 0 fully saturated rings. The lowest BCUT2D eigenvalue weighted by molar-refractivity contribution is 0.297. The molecule has 0 amide bonds. The second kappa shape index (κ2) is 5.48. The van der Waals surface area contributed by atoms with Crippen LogP contribution in [-0.4, -0.2) is 21.6 Å². The van der Waals surface area contributed by atoms with Crippen molar-refractivity contribution in [3.8, 4) is 5.75 Å². The third-order valence-corrected chi connectivity index (χ3v) is 2.61. The standard InChI is InChI=1S/C12H15FN4O/c1-9-12(14)15-16-17(9)7-2-8-18-11-5-3-10(13)4-6-11/h3-6H,2,7-8,14H2,1H3. The lowest BCUT2D eigenvalue weighted by atomic mass is 10.3. The minimum absolute atomic E-state index is 0.268.